The quantitative estimate of drug-likeness (QED) is 0.468. The van der Waals surface area contributed by atoms with Gasteiger partial charge in [0.1, 0.15) is 0 Å². The maximum Gasteiger partial charge on any atom is 0.0442 e. The van der Waals surface area contributed by atoms with Crippen LogP contribution >= 0.6 is 0 Å². The van der Waals surface area contributed by atoms with Gasteiger partial charge < -0.3 is 0 Å². The molecule has 14 heavy (non-hydrogen) atoms. The maximum atomic E-state index is 5.64. The summed E-state index contributed by atoms with van der Waals surface area (Å²) in [6.45, 7) is 11.3. The van der Waals surface area contributed by atoms with Crippen LogP contribution in [0.25, 0.3) is 0 Å². The molecule has 0 spiro atoms. The summed E-state index contributed by atoms with van der Waals surface area (Å²) in [5, 5.41) is 0. The molecule has 1 fully saturated rings. The Morgan fingerprint density at radius 2 is 2.07 bits per heavy atom. The molecule has 1 rings (SSSR count). The zero-order valence-electron chi connectivity index (χ0n) is 10.1. The summed E-state index contributed by atoms with van der Waals surface area (Å²) in [6, 6.07) is 0. The zero-order chi connectivity index (χ0) is 10.9. The number of terminal acetylenes is 1. The third-order valence-electron chi connectivity index (χ3n) is 4.02. The second-order valence-corrected chi connectivity index (χ2v) is 5.14. The van der Waals surface area contributed by atoms with E-state index in [1.807, 2.05) is 0 Å². The summed E-state index contributed by atoms with van der Waals surface area (Å²) in [5.74, 6) is 4.78. The molecule has 0 aliphatic heterocycles. The Balaban J connectivity index is 2.77. The lowest BCUT2D eigenvalue weighted by atomic mass is 9.91. The molecule has 0 bridgehead atoms. The SMILES string of the molecule is C#CC(C(C)=CCC)C1C(C)C1(C)C. The van der Waals surface area contributed by atoms with Crippen LogP contribution < -0.4 is 0 Å². The fourth-order valence-corrected chi connectivity index (χ4v) is 2.63. The second-order valence-electron chi connectivity index (χ2n) is 5.14. The number of allylic oxidation sites excluding steroid dienone is 2. The predicted molar refractivity (Wildman–Crippen MR) is 62.8 cm³/mol. The van der Waals surface area contributed by atoms with Crippen LogP contribution in [0.1, 0.15) is 41.0 Å². The fraction of sp³-hybridized carbons (Fsp3) is 0.714. The van der Waals surface area contributed by atoms with Crippen molar-refractivity contribution in [2.75, 3.05) is 0 Å². The van der Waals surface area contributed by atoms with Crippen LogP contribution in [-0.4, -0.2) is 0 Å². The Kier molecular flexibility index (Phi) is 3.10. The zero-order valence-corrected chi connectivity index (χ0v) is 10.1. The summed E-state index contributed by atoms with van der Waals surface area (Å²) in [4.78, 5) is 0. The van der Waals surface area contributed by atoms with Crippen LogP contribution in [-0.2, 0) is 0 Å². The maximum absolute atomic E-state index is 5.64. The van der Waals surface area contributed by atoms with E-state index in [1.54, 1.807) is 0 Å². The van der Waals surface area contributed by atoms with E-state index >= 15 is 0 Å². The van der Waals surface area contributed by atoms with E-state index in [4.69, 9.17) is 6.42 Å². The molecular formula is C14H22. The molecule has 3 unspecified atom stereocenters. The molecule has 3 atom stereocenters. The summed E-state index contributed by atoms with van der Waals surface area (Å²) < 4.78 is 0. The van der Waals surface area contributed by atoms with Gasteiger partial charge in [-0.15, -0.1) is 6.42 Å². The average Bonchev–Trinajstić information content (AvgIpc) is 2.57. The molecule has 0 saturated heterocycles. The molecule has 1 aliphatic carbocycles. The third kappa shape index (κ3) is 1.73. The van der Waals surface area contributed by atoms with Gasteiger partial charge in [0, 0.05) is 5.92 Å². The van der Waals surface area contributed by atoms with Crippen LogP contribution in [0.4, 0.5) is 0 Å². The van der Waals surface area contributed by atoms with Gasteiger partial charge in [0.05, 0.1) is 0 Å². The smallest absolute Gasteiger partial charge is 0.0442 e. The molecule has 0 nitrogen and oxygen atoms in total. The minimum atomic E-state index is 0.361. The van der Waals surface area contributed by atoms with E-state index in [9.17, 15) is 0 Å². The number of hydrogen-bond donors (Lipinski definition) is 0. The van der Waals surface area contributed by atoms with E-state index in [0.29, 0.717) is 17.3 Å². The van der Waals surface area contributed by atoms with Crippen molar-refractivity contribution in [3.8, 4) is 12.3 Å². The van der Waals surface area contributed by atoms with E-state index in [-0.39, 0.29) is 0 Å². The van der Waals surface area contributed by atoms with Gasteiger partial charge in [0.15, 0.2) is 0 Å². The van der Waals surface area contributed by atoms with Crippen molar-refractivity contribution >= 4 is 0 Å². The lowest BCUT2D eigenvalue weighted by Gasteiger charge is -2.13. The summed E-state index contributed by atoms with van der Waals surface area (Å²) >= 11 is 0. The topological polar surface area (TPSA) is 0 Å². The van der Waals surface area contributed by atoms with Gasteiger partial charge in [-0.25, -0.2) is 0 Å². The third-order valence-corrected chi connectivity index (χ3v) is 4.02. The van der Waals surface area contributed by atoms with Crippen LogP contribution in [0.3, 0.4) is 0 Å². The largest absolute Gasteiger partial charge is 0.119 e. The van der Waals surface area contributed by atoms with Crippen molar-refractivity contribution in [3.63, 3.8) is 0 Å². The summed E-state index contributed by atoms with van der Waals surface area (Å²) in [6.07, 6.45) is 9.00. The van der Waals surface area contributed by atoms with Gasteiger partial charge in [0.2, 0.25) is 0 Å². The minimum Gasteiger partial charge on any atom is -0.119 e. The molecule has 0 aromatic heterocycles. The molecule has 78 valence electrons. The average molecular weight is 190 g/mol. The van der Waals surface area contributed by atoms with Crippen molar-refractivity contribution in [1.82, 2.24) is 0 Å². The van der Waals surface area contributed by atoms with Gasteiger partial charge in [-0.2, -0.15) is 0 Å². The van der Waals surface area contributed by atoms with E-state index < -0.39 is 0 Å². The van der Waals surface area contributed by atoms with Gasteiger partial charge in [-0.05, 0) is 30.6 Å². The predicted octanol–water partition coefficient (Wildman–Crippen LogP) is 3.88. The Labute approximate surface area is 88.8 Å². The van der Waals surface area contributed by atoms with Crippen molar-refractivity contribution in [2.24, 2.45) is 23.2 Å². The highest BCUT2D eigenvalue weighted by molar-refractivity contribution is 5.24. The molecule has 1 aliphatic rings. The molecule has 0 heteroatoms. The Bertz CT molecular complexity index is 275. The highest BCUT2D eigenvalue weighted by Crippen LogP contribution is 2.62. The van der Waals surface area contributed by atoms with Gasteiger partial charge in [-0.3, -0.25) is 0 Å². The minimum absolute atomic E-state index is 0.361. The van der Waals surface area contributed by atoms with Crippen LogP contribution in [0.2, 0.25) is 0 Å². The first-order valence-electron chi connectivity index (χ1n) is 5.59. The highest BCUT2D eigenvalue weighted by atomic mass is 14.6. The van der Waals surface area contributed by atoms with Crippen LogP contribution in [0.15, 0.2) is 11.6 Å². The molecule has 0 N–H and O–H groups in total. The standard InChI is InChI=1S/C14H22/c1-7-9-10(3)12(8-2)13-11(4)14(13,5)6/h2,9,11-13H,7H2,1,3-6H3. The lowest BCUT2D eigenvalue weighted by molar-refractivity contribution is 0.504. The first kappa shape index (κ1) is 11.4. The molecule has 0 amide bonds. The van der Waals surface area contributed by atoms with Crippen molar-refractivity contribution in [3.05, 3.63) is 11.6 Å². The second kappa shape index (κ2) is 3.81. The lowest BCUT2D eigenvalue weighted by Crippen LogP contribution is -2.06. The first-order chi connectivity index (χ1) is 6.46. The van der Waals surface area contributed by atoms with Crippen LogP contribution in [0, 0.1) is 35.5 Å². The summed E-state index contributed by atoms with van der Waals surface area (Å²) in [5.41, 5.74) is 1.83. The molecule has 0 aromatic carbocycles. The normalized spacial score (nSPS) is 32.1. The van der Waals surface area contributed by atoms with Crippen molar-refractivity contribution in [1.29, 1.82) is 0 Å². The monoisotopic (exact) mass is 190 g/mol. The number of rotatable bonds is 3. The van der Waals surface area contributed by atoms with Gasteiger partial charge >= 0.3 is 0 Å². The Morgan fingerprint density at radius 1 is 1.57 bits per heavy atom. The van der Waals surface area contributed by atoms with Crippen molar-refractivity contribution < 1.29 is 0 Å². The fourth-order valence-electron chi connectivity index (χ4n) is 2.63. The molecule has 0 radical (unpaired) electrons. The molecular weight excluding hydrogens is 168 g/mol. The highest BCUT2D eigenvalue weighted by Gasteiger charge is 2.57. The van der Waals surface area contributed by atoms with Crippen molar-refractivity contribution in [2.45, 2.75) is 41.0 Å². The Hall–Kier alpha value is -0.700. The number of hydrogen-bond acceptors (Lipinski definition) is 0. The first-order valence-corrected chi connectivity index (χ1v) is 5.59. The summed E-state index contributed by atoms with van der Waals surface area (Å²) in [7, 11) is 0. The van der Waals surface area contributed by atoms with E-state index in [1.165, 1.54) is 5.57 Å². The molecule has 0 heterocycles. The molecule has 0 aromatic rings. The Morgan fingerprint density at radius 3 is 2.36 bits per heavy atom. The van der Waals surface area contributed by atoms with Crippen LogP contribution in [0.5, 0.6) is 0 Å². The van der Waals surface area contributed by atoms with Gasteiger partial charge in [-0.1, -0.05) is 45.3 Å². The van der Waals surface area contributed by atoms with E-state index in [2.05, 4.69) is 46.6 Å². The van der Waals surface area contributed by atoms with Gasteiger partial charge in [0.25, 0.3) is 0 Å². The van der Waals surface area contributed by atoms with E-state index in [0.717, 1.165) is 12.3 Å². The molecule has 1 saturated carbocycles.